The average Bonchev–Trinajstić information content (AvgIpc) is 3.30. The highest BCUT2D eigenvalue weighted by Gasteiger charge is 2.37. The molecule has 1 aromatic carbocycles. The van der Waals surface area contributed by atoms with Crippen molar-refractivity contribution in [3.8, 4) is 0 Å². The van der Waals surface area contributed by atoms with E-state index in [1.807, 2.05) is 19.2 Å². The Kier molecular flexibility index (Phi) is 5.79. The summed E-state index contributed by atoms with van der Waals surface area (Å²) in [7, 11) is -1.41. The second kappa shape index (κ2) is 7.38. The number of hydrogen-bond donors (Lipinski definition) is 1. The lowest BCUT2D eigenvalue weighted by Crippen LogP contribution is -2.34. The van der Waals surface area contributed by atoms with Gasteiger partial charge in [-0.25, -0.2) is 8.42 Å². The lowest BCUT2D eigenvalue weighted by Gasteiger charge is -2.21. The second-order valence-corrected chi connectivity index (χ2v) is 7.59. The summed E-state index contributed by atoms with van der Waals surface area (Å²) >= 11 is 0. The summed E-state index contributed by atoms with van der Waals surface area (Å²) < 4.78 is 27.2. The van der Waals surface area contributed by atoms with Gasteiger partial charge in [0.25, 0.3) is 0 Å². The highest BCUT2D eigenvalue weighted by molar-refractivity contribution is 7.89. The second-order valence-electron chi connectivity index (χ2n) is 5.70. The fourth-order valence-corrected chi connectivity index (χ4v) is 4.13. The van der Waals surface area contributed by atoms with Crippen molar-refractivity contribution in [3.63, 3.8) is 0 Å². The lowest BCUT2D eigenvalue weighted by atomic mass is 10.1. The Balaban J connectivity index is 2.13. The van der Waals surface area contributed by atoms with Crippen molar-refractivity contribution in [2.45, 2.75) is 50.0 Å². The Morgan fingerprint density at radius 1 is 1.24 bits per heavy atom. The van der Waals surface area contributed by atoms with Gasteiger partial charge in [0.05, 0.1) is 4.90 Å². The molecule has 118 valence electrons. The maximum absolute atomic E-state index is 12.8. The standard InChI is InChI=1S/C16H26N2O2S/c1-3-4-13-18(15-7-8-15)21(19,20)16-9-5-14(6-10-16)11-12-17-2/h5-6,9-10,15,17H,3-4,7-8,11-13H2,1-2H3. The van der Waals surface area contributed by atoms with Crippen molar-refractivity contribution in [1.82, 2.24) is 9.62 Å². The zero-order chi connectivity index (χ0) is 15.3. The number of sulfonamides is 1. The first-order chi connectivity index (χ1) is 10.1. The average molecular weight is 310 g/mol. The summed E-state index contributed by atoms with van der Waals surface area (Å²) in [6.45, 7) is 3.63. The van der Waals surface area contributed by atoms with Gasteiger partial charge in [-0.2, -0.15) is 4.31 Å². The van der Waals surface area contributed by atoms with Crippen molar-refractivity contribution < 1.29 is 8.42 Å². The Bertz CT molecular complexity index is 536. The van der Waals surface area contributed by atoms with E-state index in [4.69, 9.17) is 0 Å². The first-order valence-electron chi connectivity index (χ1n) is 7.85. The largest absolute Gasteiger partial charge is 0.319 e. The van der Waals surface area contributed by atoms with Crippen LogP contribution in [0.2, 0.25) is 0 Å². The van der Waals surface area contributed by atoms with Gasteiger partial charge in [0, 0.05) is 12.6 Å². The van der Waals surface area contributed by atoms with Crippen molar-refractivity contribution in [2.75, 3.05) is 20.1 Å². The van der Waals surface area contributed by atoms with E-state index in [2.05, 4.69) is 12.2 Å². The van der Waals surface area contributed by atoms with Gasteiger partial charge >= 0.3 is 0 Å². The third kappa shape index (κ3) is 4.28. The van der Waals surface area contributed by atoms with E-state index in [-0.39, 0.29) is 6.04 Å². The zero-order valence-electron chi connectivity index (χ0n) is 13.0. The van der Waals surface area contributed by atoms with E-state index in [0.717, 1.165) is 44.2 Å². The lowest BCUT2D eigenvalue weighted by molar-refractivity contribution is 0.395. The molecule has 1 aliphatic carbocycles. The van der Waals surface area contributed by atoms with E-state index in [1.54, 1.807) is 16.4 Å². The van der Waals surface area contributed by atoms with Crippen LogP contribution in [0.1, 0.15) is 38.2 Å². The molecule has 0 aromatic heterocycles. The SMILES string of the molecule is CCCCN(C1CC1)S(=O)(=O)c1ccc(CCNC)cc1. The third-order valence-corrected chi connectivity index (χ3v) is 5.85. The Morgan fingerprint density at radius 3 is 2.43 bits per heavy atom. The van der Waals surface area contributed by atoms with Crippen molar-refractivity contribution in [1.29, 1.82) is 0 Å². The minimum atomic E-state index is -3.33. The molecular formula is C16H26N2O2S. The summed E-state index contributed by atoms with van der Waals surface area (Å²) in [5.41, 5.74) is 1.16. The molecule has 0 heterocycles. The quantitative estimate of drug-likeness (QED) is 0.762. The van der Waals surface area contributed by atoms with Crippen LogP contribution in [0.5, 0.6) is 0 Å². The van der Waals surface area contributed by atoms with E-state index in [9.17, 15) is 8.42 Å². The minimum absolute atomic E-state index is 0.227. The van der Waals surface area contributed by atoms with Crippen molar-refractivity contribution >= 4 is 10.0 Å². The molecule has 0 aliphatic heterocycles. The third-order valence-electron chi connectivity index (χ3n) is 3.88. The highest BCUT2D eigenvalue weighted by atomic mass is 32.2. The Morgan fingerprint density at radius 2 is 1.90 bits per heavy atom. The number of rotatable bonds is 9. The molecule has 21 heavy (non-hydrogen) atoms. The summed E-state index contributed by atoms with van der Waals surface area (Å²) in [6, 6.07) is 7.58. The molecule has 2 rings (SSSR count). The first kappa shape index (κ1) is 16.5. The molecule has 0 radical (unpaired) electrons. The van der Waals surface area contributed by atoms with Gasteiger partial charge in [-0.1, -0.05) is 25.5 Å². The smallest absolute Gasteiger partial charge is 0.243 e. The van der Waals surface area contributed by atoms with E-state index in [0.29, 0.717) is 11.4 Å². The molecule has 0 atom stereocenters. The monoisotopic (exact) mass is 310 g/mol. The van der Waals surface area contributed by atoms with Crippen LogP contribution in [0.15, 0.2) is 29.2 Å². The van der Waals surface area contributed by atoms with Gasteiger partial charge in [-0.3, -0.25) is 0 Å². The first-order valence-corrected chi connectivity index (χ1v) is 9.29. The van der Waals surface area contributed by atoms with Crippen LogP contribution in [-0.4, -0.2) is 38.9 Å². The minimum Gasteiger partial charge on any atom is -0.319 e. The van der Waals surface area contributed by atoms with Crippen LogP contribution < -0.4 is 5.32 Å². The summed E-state index contributed by atoms with van der Waals surface area (Å²) in [5.74, 6) is 0. The predicted molar refractivity (Wildman–Crippen MR) is 85.9 cm³/mol. The number of hydrogen-bond acceptors (Lipinski definition) is 3. The number of likely N-dealkylation sites (N-methyl/N-ethyl adjacent to an activating group) is 1. The van der Waals surface area contributed by atoms with Crippen LogP contribution in [0.25, 0.3) is 0 Å². The molecule has 1 fully saturated rings. The number of nitrogens with one attached hydrogen (secondary N) is 1. The molecule has 0 saturated heterocycles. The van der Waals surface area contributed by atoms with Gasteiger partial charge in [0.2, 0.25) is 10.0 Å². The van der Waals surface area contributed by atoms with Gasteiger partial charge in [-0.05, 0) is 57.0 Å². The molecule has 1 saturated carbocycles. The van der Waals surface area contributed by atoms with Gasteiger partial charge in [0.1, 0.15) is 0 Å². The number of benzene rings is 1. The van der Waals surface area contributed by atoms with E-state index in [1.165, 1.54) is 0 Å². The van der Waals surface area contributed by atoms with Crippen LogP contribution in [0.3, 0.4) is 0 Å². The topological polar surface area (TPSA) is 49.4 Å². The van der Waals surface area contributed by atoms with Crippen LogP contribution in [-0.2, 0) is 16.4 Å². The Hall–Kier alpha value is -0.910. The summed E-state index contributed by atoms with van der Waals surface area (Å²) in [6.07, 6.45) is 4.86. The predicted octanol–water partition coefficient (Wildman–Crippen LogP) is 2.40. The molecule has 5 heteroatoms. The fraction of sp³-hybridized carbons (Fsp3) is 0.625. The molecule has 1 aliphatic rings. The van der Waals surface area contributed by atoms with Crippen LogP contribution in [0.4, 0.5) is 0 Å². The zero-order valence-corrected chi connectivity index (χ0v) is 13.8. The van der Waals surface area contributed by atoms with Gasteiger partial charge in [0.15, 0.2) is 0 Å². The summed E-state index contributed by atoms with van der Waals surface area (Å²) in [5, 5.41) is 3.10. The molecule has 0 amide bonds. The highest BCUT2D eigenvalue weighted by Crippen LogP contribution is 2.32. The molecular weight excluding hydrogens is 284 g/mol. The van der Waals surface area contributed by atoms with Crippen molar-refractivity contribution in [3.05, 3.63) is 29.8 Å². The molecule has 0 unspecified atom stereocenters. The van der Waals surface area contributed by atoms with E-state index < -0.39 is 10.0 Å². The maximum Gasteiger partial charge on any atom is 0.243 e. The molecule has 0 bridgehead atoms. The molecule has 0 spiro atoms. The van der Waals surface area contributed by atoms with Gasteiger partial charge in [-0.15, -0.1) is 0 Å². The maximum atomic E-state index is 12.8. The Labute approximate surface area is 128 Å². The fourth-order valence-electron chi connectivity index (χ4n) is 2.41. The number of nitrogens with zero attached hydrogens (tertiary/aromatic N) is 1. The molecule has 4 nitrogen and oxygen atoms in total. The normalized spacial score (nSPS) is 15.6. The number of unbranched alkanes of at least 4 members (excludes halogenated alkanes) is 1. The molecule has 1 N–H and O–H groups in total. The van der Waals surface area contributed by atoms with Gasteiger partial charge < -0.3 is 5.32 Å². The molecule has 1 aromatic rings. The summed E-state index contributed by atoms with van der Waals surface area (Å²) in [4.78, 5) is 0.429. The van der Waals surface area contributed by atoms with E-state index >= 15 is 0 Å². The van der Waals surface area contributed by atoms with Crippen molar-refractivity contribution in [2.24, 2.45) is 0 Å². The van der Waals surface area contributed by atoms with Crippen LogP contribution >= 0.6 is 0 Å². The van der Waals surface area contributed by atoms with Crippen LogP contribution in [0, 0.1) is 0 Å².